The standard InChI is InChI=1S/C12H12N2O2S/c1-6-13-11-9(12(16)14(6)2)7-4-3-5-8(15)10(7)17-11/h3-5H2,1-2H3. The summed E-state index contributed by atoms with van der Waals surface area (Å²) >= 11 is 1.37. The van der Waals surface area contributed by atoms with Crippen molar-refractivity contribution in [1.82, 2.24) is 9.55 Å². The van der Waals surface area contributed by atoms with E-state index >= 15 is 0 Å². The molecule has 1 aliphatic rings. The van der Waals surface area contributed by atoms with Crippen LogP contribution in [-0.4, -0.2) is 15.3 Å². The van der Waals surface area contributed by atoms with Gasteiger partial charge in [0.05, 0.1) is 10.3 Å². The molecule has 1 aliphatic carbocycles. The summed E-state index contributed by atoms with van der Waals surface area (Å²) in [6, 6.07) is 0. The van der Waals surface area contributed by atoms with Crippen LogP contribution in [0.1, 0.15) is 33.9 Å². The quantitative estimate of drug-likeness (QED) is 0.714. The summed E-state index contributed by atoms with van der Waals surface area (Å²) in [5.41, 5.74) is 0.897. The predicted molar refractivity (Wildman–Crippen MR) is 66.9 cm³/mol. The summed E-state index contributed by atoms with van der Waals surface area (Å²) in [7, 11) is 1.72. The smallest absolute Gasteiger partial charge is 0.262 e. The van der Waals surface area contributed by atoms with Crippen molar-refractivity contribution < 1.29 is 4.79 Å². The molecule has 0 bridgehead atoms. The van der Waals surface area contributed by atoms with E-state index in [0.29, 0.717) is 22.5 Å². The van der Waals surface area contributed by atoms with Crippen LogP contribution in [0.2, 0.25) is 0 Å². The third-order valence-electron chi connectivity index (χ3n) is 3.34. The lowest BCUT2D eigenvalue weighted by Crippen LogP contribution is -2.21. The molecule has 0 unspecified atom stereocenters. The third-order valence-corrected chi connectivity index (χ3v) is 4.51. The number of carbonyl (C=O) groups is 1. The molecule has 4 nitrogen and oxygen atoms in total. The van der Waals surface area contributed by atoms with Gasteiger partial charge < -0.3 is 0 Å². The fourth-order valence-corrected chi connectivity index (χ4v) is 3.52. The van der Waals surface area contributed by atoms with E-state index in [2.05, 4.69) is 4.98 Å². The van der Waals surface area contributed by atoms with E-state index in [0.717, 1.165) is 23.3 Å². The molecule has 0 spiro atoms. The van der Waals surface area contributed by atoms with Gasteiger partial charge in [0.15, 0.2) is 5.78 Å². The molecule has 2 heterocycles. The summed E-state index contributed by atoms with van der Waals surface area (Å²) < 4.78 is 1.55. The van der Waals surface area contributed by atoms with Crippen LogP contribution in [0.5, 0.6) is 0 Å². The van der Waals surface area contributed by atoms with Crippen LogP contribution in [0.4, 0.5) is 0 Å². The van der Waals surface area contributed by atoms with Gasteiger partial charge in [-0.2, -0.15) is 0 Å². The van der Waals surface area contributed by atoms with Gasteiger partial charge in [-0.3, -0.25) is 14.2 Å². The number of Topliss-reactive ketones (excluding diaryl/α,β-unsaturated/α-hetero) is 1. The van der Waals surface area contributed by atoms with Gasteiger partial charge in [0, 0.05) is 13.5 Å². The lowest BCUT2D eigenvalue weighted by Gasteiger charge is -2.09. The number of nitrogens with zero attached hydrogens (tertiary/aromatic N) is 2. The number of hydrogen-bond acceptors (Lipinski definition) is 4. The predicted octanol–water partition coefficient (Wildman–Crippen LogP) is 1.82. The topological polar surface area (TPSA) is 52.0 Å². The fraction of sp³-hybridized carbons (Fsp3) is 0.417. The second kappa shape index (κ2) is 3.50. The minimum atomic E-state index is -0.0281. The highest BCUT2D eigenvalue weighted by molar-refractivity contribution is 7.20. The highest BCUT2D eigenvalue weighted by Gasteiger charge is 2.25. The average Bonchev–Trinajstić information content (AvgIpc) is 2.66. The van der Waals surface area contributed by atoms with Crippen molar-refractivity contribution in [2.24, 2.45) is 7.05 Å². The molecule has 0 atom stereocenters. The van der Waals surface area contributed by atoms with Crippen LogP contribution in [0, 0.1) is 6.92 Å². The molecule has 0 fully saturated rings. The first kappa shape index (κ1) is 10.7. The van der Waals surface area contributed by atoms with Crippen molar-refractivity contribution in [3.05, 3.63) is 26.6 Å². The molecule has 2 aromatic heterocycles. The minimum Gasteiger partial charge on any atom is -0.299 e. The molecular formula is C12H12N2O2S. The van der Waals surface area contributed by atoms with Gasteiger partial charge >= 0.3 is 0 Å². The normalized spacial score (nSPS) is 15.3. The summed E-state index contributed by atoms with van der Waals surface area (Å²) in [4.78, 5) is 29.9. The molecule has 0 saturated heterocycles. The SMILES string of the molecule is Cc1nc2sc3c(c2c(=O)n1C)CCCC3=O. The molecule has 0 aromatic carbocycles. The highest BCUT2D eigenvalue weighted by atomic mass is 32.1. The number of ketones is 1. The zero-order valence-corrected chi connectivity index (χ0v) is 10.6. The largest absolute Gasteiger partial charge is 0.299 e. The molecule has 0 aliphatic heterocycles. The monoisotopic (exact) mass is 248 g/mol. The highest BCUT2D eigenvalue weighted by Crippen LogP contribution is 2.33. The van der Waals surface area contributed by atoms with Crippen molar-refractivity contribution in [3.8, 4) is 0 Å². The first-order valence-electron chi connectivity index (χ1n) is 5.62. The number of hydrogen-bond donors (Lipinski definition) is 0. The first-order valence-corrected chi connectivity index (χ1v) is 6.43. The number of aromatic nitrogens is 2. The summed E-state index contributed by atoms with van der Waals surface area (Å²) in [5.74, 6) is 0.850. The van der Waals surface area contributed by atoms with E-state index < -0.39 is 0 Å². The Morgan fingerprint density at radius 1 is 1.29 bits per heavy atom. The Hall–Kier alpha value is -1.49. The molecule has 0 radical (unpaired) electrons. The number of aryl methyl sites for hydroxylation is 2. The molecule has 2 aromatic rings. The van der Waals surface area contributed by atoms with Crippen molar-refractivity contribution in [2.75, 3.05) is 0 Å². The third kappa shape index (κ3) is 1.38. The lowest BCUT2D eigenvalue weighted by atomic mass is 9.96. The van der Waals surface area contributed by atoms with Crippen LogP contribution in [0.15, 0.2) is 4.79 Å². The molecule has 5 heteroatoms. The van der Waals surface area contributed by atoms with Crippen LogP contribution < -0.4 is 5.56 Å². The van der Waals surface area contributed by atoms with Gasteiger partial charge in [-0.1, -0.05) is 0 Å². The molecule has 17 heavy (non-hydrogen) atoms. The second-order valence-corrected chi connectivity index (χ2v) is 5.39. The fourth-order valence-electron chi connectivity index (χ4n) is 2.29. The molecule has 3 rings (SSSR count). The summed E-state index contributed by atoms with van der Waals surface area (Å²) in [5, 5.41) is 0.658. The Morgan fingerprint density at radius 2 is 2.06 bits per heavy atom. The van der Waals surface area contributed by atoms with Crippen molar-refractivity contribution in [2.45, 2.75) is 26.2 Å². The maximum atomic E-state index is 12.2. The van der Waals surface area contributed by atoms with Gasteiger partial charge in [-0.15, -0.1) is 11.3 Å². The molecular weight excluding hydrogens is 236 g/mol. The van der Waals surface area contributed by atoms with Crippen LogP contribution in [0.3, 0.4) is 0 Å². The first-order chi connectivity index (χ1) is 8.09. The molecule has 0 saturated carbocycles. The molecule has 0 N–H and O–H groups in total. The van der Waals surface area contributed by atoms with Crippen molar-refractivity contribution in [3.63, 3.8) is 0 Å². The molecule has 88 valence electrons. The number of rotatable bonds is 0. The minimum absolute atomic E-state index is 0.0281. The van der Waals surface area contributed by atoms with Gasteiger partial charge in [-0.25, -0.2) is 4.98 Å². The Balaban J connectivity index is 2.48. The van der Waals surface area contributed by atoms with E-state index in [9.17, 15) is 9.59 Å². The van der Waals surface area contributed by atoms with Crippen LogP contribution in [-0.2, 0) is 13.5 Å². The van der Waals surface area contributed by atoms with E-state index in [1.807, 2.05) is 0 Å². The lowest BCUT2D eigenvalue weighted by molar-refractivity contribution is 0.0977. The van der Waals surface area contributed by atoms with Gasteiger partial charge in [0.25, 0.3) is 5.56 Å². The Bertz CT molecular complexity index is 697. The van der Waals surface area contributed by atoms with Crippen LogP contribution >= 0.6 is 11.3 Å². The Kier molecular flexibility index (Phi) is 2.19. The maximum Gasteiger partial charge on any atom is 0.262 e. The van der Waals surface area contributed by atoms with Gasteiger partial charge in [0.2, 0.25) is 0 Å². The van der Waals surface area contributed by atoms with E-state index in [-0.39, 0.29) is 11.3 Å². The number of carbonyl (C=O) groups excluding carboxylic acids is 1. The van der Waals surface area contributed by atoms with Crippen molar-refractivity contribution >= 4 is 27.3 Å². The number of fused-ring (bicyclic) bond motifs is 3. The van der Waals surface area contributed by atoms with E-state index in [1.54, 1.807) is 18.5 Å². The van der Waals surface area contributed by atoms with E-state index in [4.69, 9.17) is 0 Å². The summed E-state index contributed by atoms with van der Waals surface area (Å²) in [6.45, 7) is 1.81. The van der Waals surface area contributed by atoms with Gasteiger partial charge in [-0.05, 0) is 25.3 Å². The summed E-state index contributed by atoms with van der Waals surface area (Å²) in [6.07, 6.45) is 2.26. The zero-order valence-electron chi connectivity index (χ0n) is 9.74. The zero-order chi connectivity index (χ0) is 12.2. The molecule has 0 amide bonds. The Labute approximate surface area is 102 Å². The maximum absolute atomic E-state index is 12.2. The number of thiophene rings is 1. The van der Waals surface area contributed by atoms with Gasteiger partial charge in [0.1, 0.15) is 10.7 Å². The average molecular weight is 248 g/mol. The van der Waals surface area contributed by atoms with Crippen LogP contribution in [0.25, 0.3) is 10.2 Å². The van der Waals surface area contributed by atoms with Crippen molar-refractivity contribution in [1.29, 1.82) is 0 Å². The Morgan fingerprint density at radius 3 is 2.82 bits per heavy atom. The second-order valence-electron chi connectivity index (χ2n) is 4.39. The van der Waals surface area contributed by atoms with E-state index in [1.165, 1.54) is 11.3 Å².